The fourth-order valence-electron chi connectivity index (χ4n) is 3.01. The van der Waals surface area contributed by atoms with Crippen LogP contribution in [0.5, 0.6) is 34.6 Å². The first kappa shape index (κ1) is 21.4. The number of halogens is 1. The molecule has 1 aromatic heterocycles. The van der Waals surface area contributed by atoms with Crippen molar-refractivity contribution in [2.24, 2.45) is 0 Å². The molecule has 31 heavy (non-hydrogen) atoms. The summed E-state index contributed by atoms with van der Waals surface area (Å²) in [5.41, 5.74) is 0.574. The molecule has 9 nitrogen and oxygen atoms in total. The maximum atomic E-state index is 11.3. The molecule has 2 aromatic carbocycles. The highest BCUT2D eigenvalue weighted by Crippen LogP contribution is 2.47. The number of fused-ring (bicyclic) bond motifs is 2. The molecule has 2 heterocycles. The van der Waals surface area contributed by atoms with Crippen LogP contribution in [0.3, 0.4) is 0 Å². The lowest BCUT2D eigenvalue weighted by molar-refractivity contribution is 0.171. The summed E-state index contributed by atoms with van der Waals surface area (Å²) in [5, 5.41) is 0.603. The number of methoxy groups -OCH3 is 1. The van der Waals surface area contributed by atoms with Gasteiger partial charge < -0.3 is 23.7 Å². The lowest BCUT2D eigenvalue weighted by Gasteiger charge is -2.14. The number of hydrogen-bond acceptors (Lipinski definition) is 9. The summed E-state index contributed by atoms with van der Waals surface area (Å²) >= 11 is 3.47. The third kappa shape index (κ3) is 4.77. The molecule has 11 heteroatoms. The van der Waals surface area contributed by atoms with E-state index in [1.54, 1.807) is 24.3 Å². The third-order valence-electron chi connectivity index (χ3n) is 4.45. The van der Waals surface area contributed by atoms with Crippen molar-refractivity contribution in [3.05, 3.63) is 35.1 Å². The van der Waals surface area contributed by atoms with Crippen LogP contribution in [0.2, 0.25) is 0 Å². The molecule has 4 rings (SSSR count). The maximum Gasteiger partial charge on any atom is 0.231 e. The normalized spacial score (nSPS) is 12.7. The molecule has 0 radical (unpaired) electrons. The van der Waals surface area contributed by atoms with Gasteiger partial charge in [-0.25, -0.2) is 18.4 Å². The Morgan fingerprint density at radius 2 is 2.00 bits per heavy atom. The van der Waals surface area contributed by atoms with Gasteiger partial charge in [0.1, 0.15) is 16.2 Å². The van der Waals surface area contributed by atoms with Crippen LogP contribution in [0.15, 0.2) is 35.1 Å². The van der Waals surface area contributed by atoms with Gasteiger partial charge in [-0.2, -0.15) is 0 Å². The highest BCUT2D eigenvalue weighted by Gasteiger charge is 2.23. The summed E-state index contributed by atoms with van der Waals surface area (Å²) in [6, 6.07) is 7.00. The number of ether oxygens (including phenoxy) is 5. The highest BCUT2D eigenvalue weighted by atomic mass is 79.9. The van der Waals surface area contributed by atoms with Crippen LogP contribution in [0, 0.1) is 0 Å². The molecule has 1 aliphatic rings. The van der Waals surface area contributed by atoms with Gasteiger partial charge in [-0.1, -0.05) is 0 Å². The van der Waals surface area contributed by atoms with Crippen molar-refractivity contribution < 1.29 is 32.1 Å². The quantitative estimate of drug-likeness (QED) is 0.418. The molecule has 164 valence electrons. The van der Waals surface area contributed by atoms with Gasteiger partial charge in [0, 0.05) is 12.3 Å². The Labute approximate surface area is 187 Å². The van der Waals surface area contributed by atoms with Crippen molar-refractivity contribution in [1.29, 1.82) is 0 Å². The predicted molar refractivity (Wildman–Crippen MR) is 116 cm³/mol. The Morgan fingerprint density at radius 1 is 1.16 bits per heavy atom. The molecule has 0 aliphatic carbocycles. The van der Waals surface area contributed by atoms with Crippen LogP contribution in [-0.4, -0.2) is 50.9 Å². The zero-order valence-corrected chi connectivity index (χ0v) is 19.2. The van der Waals surface area contributed by atoms with E-state index >= 15 is 0 Å². The number of rotatable bonds is 8. The van der Waals surface area contributed by atoms with Crippen molar-refractivity contribution in [3.63, 3.8) is 0 Å². The van der Waals surface area contributed by atoms with Crippen molar-refractivity contribution in [2.45, 2.75) is 6.42 Å². The Hall–Kier alpha value is -2.79. The lowest BCUT2D eigenvalue weighted by atomic mass is 10.2. The first-order valence-corrected chi connectivity index (χ1v) is 12.1. The van der Waals surface area contributed by atoms with E-state index < -0.39 is 9.84 Å². The van der Waals surface area contributed by atoms with E-state index in [4.69, 9.17) is 23.7 Å². The maximum absolute atomic E-state index is 11.3. The molecule has 0 fully saturated rings. The van der Waals surface area contributed by atoms with Crippen LogP contribution in [0.25, 0.3) is 10.9 Å². The van der Waals surface area contributed by atoms with Crippen LogP contribution in [-0.2, 0) is 9.84 Å². The van der Waals surface area contributed by atoms with Crippen molar-refractivity contribution >= 4 is 36.7 Å². The third-order valence-corrected chi connectivity index (χ3v) is 6.10. The summed E-state index contributed by atoms with van der Waals surface area (Å²) in [6.45, 7) is 0.338. The summed E-state index contributed by atoms with van der Waals surface area (Å²) < 4.78 is 51.5. The minimum atomic E-state index is -3.04. The molecule has 0 bridgehead atoms. The second kappa shape index (κ2) is 8.75. The van der Waals surface area contributed by atoms with E-state index in [2.05, 4.69) is 25.9 Å². The Balaban J connectivity index is 1.64. The van der Waals surface area contributed by atoms with E-state index in [0.717, 1.165) is 0 Å². The SMILES string of the molecule is COc1cc2c(Oc3c(Br)ccc4c3OCO4)ncnc2cc1OCCCS(C)(=O)=O. The minimum absolute atomic E-state index is 0.0467. The second-order valence-corrected chi connectivity index (χ2v) is 9.86. The van der Waals surface area contributed by atoms with E-state index in [0.29, 0.717) is 56.4 Å². The molecule has 0 amide bonds. The highest BCUT2D eigenvalue weighted by molar-refractivity contribution is 9.10. The predicted octanol–water partition coefficient (Wildman–Crippen LogP) is 3.74. The smallest absolute Gasteiger partial charge is 0.231 e. The molecular formula is C20H19BrN2O7S. The van der Waals surface area contributed by atoms with Crippen LogP contribution in [0.1, 0.15) is 6.42 Å². The van der Waals surface area contributed by atoms with Gasteiger partial charge in [0.25, 0.3) is 0 Å². The first-order valence-electron chi connectivity index (χ1n) is 9.25. The van der Waals surface area contributed by atoms with Crippen molar-refractivity contribution in [3.8, 4) is 34.6 Å². The molecular weight excluding hydrogens is 492 g/mol. The van der Waals surface area contributed by atoms with Crippen LogP contribution < -0.4 is 23.7 Å². The number of benzene rings is 2. The van der Waals surface area contributed by atoms with Gasteiger partial charge >= 0.3 is 0 Å². The number of nitrogens with zero attached hydrogens (tertiary/aromatic N) is 2. The molecule has 0 atom stereocenters. The Morgan fingerprint density at radius 3 is 2.77 bits per heavy atom. The van der Waals surface area contributed by atoms with Crippen molar-refractivity contribution in [2.75, 3.05) is 32.5 Å². The lowest BCUT2D eigenvalue weighted by Crippen LogP contribution is -2.08. The average molecular weight is 511 g/mol. The molecule has 0 spiro atoms. The summed E-state index contributed by atoms with van der Waals surface area (Å²) in [7, 11) is -1.53. The summed E-state index contributed by atoms with van der Waals surface area (Å²) in [6.07, 6.45) is 2.94. The fourth-order valence-corrected chi connectivity index (χ4v) is 4.05. The summed E-state index contributed by atoms with van der Waals surface area (Å²) in [4.78, 5) is 8.55. The molecule has 1 aliphatic heterocycles. The van der Waals surface area contributed by atoms with Gasteiger partial charge in [0.2, 0.25) is 18.4 Å². The molecule has 0 saturated carbocycles. The molecule has 3 aromatic rings. The van der Waals surface area contributed by atoms with Gasteiger partial charge in [-0.05, 0) is 40.5 Å². The average Bonchev–Trinajstić information content (AvgIpc) is 3.21. The second-order valence-electron chi connectivity index (χ2n) is 6.74. The molecule has 0 N–H and O–H groups in total. The van der Waals surface area contributed by atoms with E-state index in [1.807, 2.05) is 0 Å². The fraction of sp³-hybridized carbons (Fsp3) is 0.300. The Bertz CT molecular complexity index is 1230. The zero-order valence-electron chi connectivity index (χ0n) is 16.8. The molecule has 0 saturated heterocycles. The standard InChI is InChI=1S/C20H19BrN2O7S/c1-26-16-8-12-14(9-17(16)27-6-3-7-31(2,24)25)22-10-23-20(12)30-18-13(21)4-5-15-19(18)29-11-28-15/h4-5,8-10H,3,6-7,11H2,1-2H3. The summed E-state index contributed by atoms with van der Waals surface area (Å²) in [5.74, 6) is 2.75. The van der Waals surface area contributed by atoms with Gasteiger partial charge in [0.15, 0.2) is 23.0 Å². The van der Waals surface area contributed by atoms with E-state index in [-0.39, 0.29) is 19.2 Å². The van der Waals surface area contributed by atoms with Gasteiger partial charge in [-0.15, -0.1) is 0 Å². The zero-order chi connectivity index (χ0) is 22.0. The monoisotopic (exact) mass is 510 g/mol. The van der Waals surface area contributed by atoms with Crippen molar-refractivity contribution in [1.82, 2.24) is 9.97 Å². The van der Waals surface area contributed by atoms with E-state index in [1.165, 1.54) is 19.7 Å². The Kier molecular flexibility index (Phi) is 6.05. The van der Waals surface area contributed by atoms with Crippen LogP contribution >= 0.6 is 15.9 Å². The number of hydrogen-bond donors (Lipinski definition) is 0. The van der Waals surface area contributed by atoms with E-state index in [9.17, 15) is 8.42 Å². The minimum Gasteiger partial charge on any atom is -0.493 e. The largest absolute Gasteiger partial charge is 0.493 e. The van der Waals surface area contributed by atoms with Crippen LogP contribution in [0.4, 0.5) is 0 Å². The van der Waals surface area contributed by atoms with Gasteiger partial charge in [0.05, 0.1) is 34.8 Å². The molecule has 0 unspecified atom stereocenters. The number of aromatic nitrogens is 2. The van der Waals surface area contributed by atoms with Gasteiger partial charge in [-0.3, -0.25) is 0 Å². The first-order chi connectivity index (χ1) is 14.9. The number of sulfone groups is 1. The topological polar surface area (TPSA) is 106 Å².